The van der Waals surface area contributed by atoms with Crippen LogP contribution >= 0.6 is 0 Å². The minimum absolute atomic E-state index is 0.132. The first-order valence-electron chi connectivity index (χ1n) is 10.3. The Morgan fingerprint density at radius 3 is 1.37 bits per heavy atom. The number of alkyl carbamates (subject to hydrolysis) is 2. The molecule has 2 aliphatic heterocycles. The van der Waals surface area contributed by atoms with Gasteiger partial charge in [0.25, 0.3) is 0 Å². The van der Waals surface area contributed by atoms with Crippen LogP contribution in [0.15, 0.2) is 0 Å². The van der Waals surface area contributed by atoms with Gasteiger partial charge in [0.1, 0.15) is 23.3 Å². The second-order valence-electron chi connectivity index (χ2n) is 9.26. The van der Waals surface area contributed by atoms with Crippen molar-refractivity contribution in [2.45, 2.75) is 90.5 Å². The smallest absolute Gasteiger partial charge is 0.408 e. The predicted octanol–water partition coefficient (Wildman–Crippen LogP) is 1.58. The molecule has 4 N–H and O–H groups in total. The maximum absolute atomic E-state index is 11.4. The second-order valence-corrected chi connectivity index (χ2v) is 9.26. The number of amides is 4. The van der Waals surface area contributed by atoms with Crippen LogP contribution in [0.1, 0.15) is 67.2 Å². The van der Waals surface area contributed by atoms with Crippen LogP contribution in [0.5, 0.6) is 0 Å². The van der Waals surface area contributed by atoms with E-state index in [9.17, 15) is 19.2 Å². The maximum Gasteiger partial charge on any atom is 0.408 e. The summed E-state index contributed by atoms with van der Waals surface area (Å²) >= 11 is 0. The van der Waals surface area contributed by atoms with Crippen LogP contribution in [0.4, 0.5) is 9.59 Å². The molecule has 0 aromatic heterocycles. The topological polar surface area (TPSA) is 135 Å². The van der Waals surface area contributed by atoms with E-state index in [2.05, 4.69) is 21.3 Å². The van der Waals surface area contributed by atoms with Crippen molar-refractivity contribution < 1.29 is 28.7 Å². The van der Waals surface area contributed by atoms with Crippen LogP contribution in [0, 0.1) is 0 Å². The Kier molecular flexibility index (Phi) is 9.38. The molecule has 0 aromatic rings. The highest BCUT2D eigenvalue weighted by atomic mass is 16.6. The van der Waals surface area contributed by atoms with E-state index in [1.807, 2.05) is 0 Å². The third kappa shape index (κ3) is 10.9. The van der Waals surface area contributed by atoms with Gasteiger partial charge in [-0.1, -0.05) is 0 Å². The molecule has 0 aliphatic carbocycles. The predicted molar refractivity (Wildman–Crippen MR) is 111 cm³/mol. The lowest BCUT2D eigenvalue weighted by atomic mass is 10.1. The molecular weight excluding hydrogens is 392 g/mol. The highest BCUT2D eigenvalue weighted by Gasteiger charge is 2.27. The highest BCUT2D eigenvalue weighted by molar-refractivity contribution is 5.86. The largest absolute Gasteiger partial charge is 0.444 e. The molecule has 0 bridgehead atoms. The zero-order valence-electron chi connectivity index (χ0n) is 18.8. The monoisotopic (exact) mass is 428 g/mol. The molecule has 2 rings (SSSR count). The molecule has 2 atom stereocenters. The molecule has 0 saturated carbocycles. The molecule has 2 heterocycles. The zero-order valence-corrected chi connectivity index (χ0v) is 18.8. The molecule has 10 nitrogen and oxygen atoms in total. The van der Waals surface area contributed by atoms with Gasteiger partial charge < -0.3 is 30.7 Å². The Balaban J connectivity index is 0.000000300. The number of rotatable bonds is 2. The molecular formula is C20H36N4O6. The van der Waals surface area contributed by atoms with Gasteiger partial charge >= 0.3 is 12.2 Å². The molecule has 2 aliphatic rings. The zero-order chi connectivity index (χ0) is 22.9. The van der Waals surface area contributed by atoms with Gasteiger partial charge in [-0.05, 0) is 67.2 Å². The number of carbonyl (C=O) groups is 4. The third-order valence-electron chi connectivity index (χ3n) is 3.95. The van der Waals surface area contributed by atoms with E-state index in [4.69, 9.17) is 9.47 Å². The van der Waals surface area contributed by atoms with Crippen molar-refractivity contribution in [1.82, 2.24) is 21.3 Å². The van der Waals surface area contributed by atoms with E-state index >= 15 is 0 Å². The van der Waals surface area contributed by atoms with E-state index in [1.54, 1.807) is 41.5 Å². The maximum atomic E-state index is 11.4. The number of carbonyl (C=O) groups excluding carboxylic acids is 4. The minimum atomic E-state index is -0.537. The molecule has 2 saturated heterocycles. The Morgan fingerprint density at radius 1 is 0.767 bits per heavy atom. The second kappa shape index (κ2) is 11.0. The molecule has 30 heavy (non-hydrogen) atoms. The molecule has 0 radical (unpaired) electrons. The first-order valence-corrected chi connectivity index (χ1v) is 10.3. The first kappa shape index (κ1) is 25.5. The Morgan fingerprint density at radius 2 is 1.10 bits per heavy atom. The van der Waals surface area contributed by atoms with Gasteiger partial charge in [-0.15, -0.1) is 0 Å². The van der Waals surface area contributed by atoms with Crippen molar-refractivity contribution >= 4 is 24.0 Å². The van der Waals surface area contributed by atoms with Crippen molar-refractivity contribution in [3.05, 3.63) is 0 Å². The summed E-state index contributed by atoms with van der Waals surface area (Å²) in [6.07, 6.45) is 2.03. The number of piperidine rings is 2. The van der Waals surface area contributed by atoms with Crippen LogP contribution in [0.25, 0.3) is 0 Å². The SMILES string of the molecule is CC(C)(C)OC(=O)N[C@H]1CCCNC1=O.CC(C)(C)OC(=O)N[C@H]1CCCNC1=O. The standard InChI is InChI=1S/2C10H18N2O3/c2*1-10(2,3)15-9(14)12-7-5-4-6-11-8(7)13/h2*7H,4-6H2,1-3H3,(H,11,13)(H,12,14)/t2*7-/m00/s1. The Hall–Kier alpha value is -2.52. The minimum Gasteiger partial charge on any atom is -0.444 e. The van der Waals surface area contributed by atoms with Crippen LogP contribution in [-0.2, 0) is 19.1 Å². The van der Waals surface area contributed by atoms with E-state index in [0.717, 1.165) is 12.8 Å². The summed E-state index contributed by atoms with van der Waals surface area (Å²) < 4.78 is 10.1. The quantitative estimate of drug-likeness (QED) is 0.527. The summed E-state index contributed by atoms with van der Waals surface area (Å²) in [5.41, 5.74) is -1.07. The number of nitrogens with one attached hydrogen (secondary N) is 4. The third-order valence-corrected chi connectivity index (χ3v) is 3.95. The van der Waals surface area contributed by atoms with Gasteiger partial charge in [0.05, 0.1) is 0 Å². The normalized spacial score (nSPS) is 21.8. The average Bonchev–Trinajstić information content (AvgIpc) is 2.56. The lowest BCUT2D eigenvalue weighted by Gasteiger charge is -2.25. The molecule has 0 spiro atoms. The average molecular weight is 429 g/mol. The van der Waals surface area contributed by atoms with Crippen molar-refractivity contribution in [2.75, 3.05) is 13.1 Å². The molecule has 172 valence electrons. The summed E-state index contributed by atoms with van der Waals surface area (Å²) in [6, 6.07) is -0.901. The van der Waals surface area contributed by atoms with E-state index in [1.165, 1.54) is 0 Å². The fraction of sp³-hybridized carbons (Fsp3) is 0.800. The molecule has 10 heteroatoms. The van der Waals surface area contributed by atoms with E-state index in [0.29, 0.717) is 25.9 Å². The molecule has 0 unspecified atom stereocenters. The van der Waals surface area contributed by atoms with Crippen LogP contribution in [-0.4, -0.2) is 60.4 Å². The highest BCUT2D eigenvalue weighted by Crippen LogP contribution is 2.10. The van der Waals surface area contributed by atoms with Gasteiger partial charge in [0, 0.05) is 13.1 Å². The molecule has 4 amide bonds. The van der Waals surface area contributed by atoms with Gasteiger partial charge in [-0.3, -0.25) is 9.59 Å². The van der Waals surface area contributed by atoms with Gasteiger partial charge in [0.2, 0.25) is 11.8 Å². The number of ether oxygens (including phenoxy) is 2. The summed E-state index contributed by atoms with van der Waals surface area (Å²) in [4.78, 5) is 45.3. The van der Waals surface area contributed by atoms with Gasteiger partial charge in [-0.25, -0.2) is 9.59 Å². The molecule has 2 fully saturated rings. The summed E-state index contributed by atoms with van der Waals surface area (Å²) in [5.74, 6) is -0.265. The summed E-state index contributed by atoms with van der Waals surface area (Å²) in [7, 11) is 0. The summed E-state index contributed by atoms with van der Waals surface area (Å²) in [5, 5.41) is 10.5. The number of hydrogen-bond acceptors (Lipinski definition) is 6. The van der Waals surface area contributed by atoms with Crippen molar-refractivity contribution in [3.63, 3.8) is 0 Å². The fourth-order valence-corrected chi connectivity index (χ4v) is 2.72. The van der Waals surface area contributed by atoms with Crippen molar-refractivity contribution in [1.29, 1.82) is 0 Å². The van der Waals surface area contributed by atoms with E-state index in [-0.39, 0.29) is 11.8 Å². The lowest BCUT2D eigenvalue weighted by Crippen LogP contribution is -2.51. The first-order chi connectivity index (χ1) is 13.8. The summed E-state index contributed by atoms with van der Waals surface area (Å²) in [6.45, 7) is 12.1. The Bertz CT molecular complexity index is 570. The number of hydrogen-bond donors (Lipinski definition) is 4. The van der Waals surface area contributed by atoms with Gasteiger partial charge in [0.15, 0.2) is 0 Å². The van der Waals surface area contributed by atoms with Crippen molar-refractivity contribution in [2.24, 2.45) is 0 Å². The van der Waals surface area contributed by atoms with Crippen LogP contribution in [0.2, 0.25) is 0 Å². The fourth-order valence-electron chi connectivity index (χ4n) is 2.72. The molecule has 0 aromatic carbocycles. The van der Waals surface area contributed by atoms with E-state index < -0.39 is 35.5 Å². The lowest BCUT2D eigenvalue weighted by molar-refractivity contribution is -0.125. The van der Waals surface area contributed by atoms with Crippen molar-refractivity contribution in [3.8, 4) is 0 Å². The van der Waals surface area contributed by atoms with Crippen LogP contribution in [0.3, 0.4) is 0 Å². The Labute approximate surface area is 178 Å². The van der Waals surface area contributed by atoms with Gasteiger partial charge in [-0.2, -0.15) is 0 Å². The van der Waals surface area contributed by atoms with Crippen LogP contribution < -0.4 is 21.3 Å².